The van der Waals surface area contributed by atoms with Crippen molar-refractivity contribution in [3.8, 4) is 0 Å². The van der Waals surface area contributed by atoms with Gasteiger partial charge < -0.3 is 20.9 Å². The number of fused-ring (bicyclic) bond motifs is 1. The monoisotopic (exact) mass is 451 g/mol. The Bertz CT molecular complexity index is 1350. The molecule has 4 N–H and O–H groups in total. The summed E-state index contributed by atoms with van der Waals surface area (Å²) in [7, 11) is 1.56. The van der Waals surface area contributed by atoms with Gasteiger partial charge in [-0.1, -0.05) is 24.3 Å². The zero-order valence-electron chi connectivity index (χ0n) is 18.9. The maximum absolute atomic E-state index is 13.5. The lowest BCUT2D eigenvalue weighted by molar-refractivity contribution is 0.0969. The van der Waals surface area contributed by atoms with Gasteiger partial charge in [-0.3, -0.25) is 18.7 Å². The zero-order chi connectivity index (χ0) is 23.7. The zero-order valence-corrected chi connectivity index (χ0v) is 18.9. The number of nitrogens with zero attached hydrogens (tertiary/aromatic N) is 5. The highest BCUT2D eigenvalue weighted by Gasteiger charge is 2.26. The van der Waals surface area contributed by atoms with Crippen molar-refractivity contribution in [3.63, 3.8) is 0 Å². The second kappa shape index (κ2) is 9.07. The number of piperidine rings is 1. The first-order valence-electron chi connectivity index (χ1n) is 11.0. The van der Waals surface area contributed by atoms with Crippen LogP contribution in [0.1, 0.15) is 30.1 Å². The van der Waals surface area contributed by atoms with Crippen LogP contribution in [-0.4, -0.2) is 43.6 Å². The van der Waals surface area contributed by atoms with Crippen LogP contribution in [-0.2, 0) is 20.1 Å². The van der Waals surface area contributed by atoms with Crippen LogP contribution in [0.25, 0.3) is 11.2 Å². The fourth-order valence-corrected chi connectivity index (χ4v) is 4.30. The predicted octanol–water partition coefficient (Wildman–Crippen LogP) is 0.865. The van der Waals surface area contributed by atoms with Crippen LogP contribution in [0.5, 0.6) is 0 Å². The molecule has 3 heterocycles. The van der Waals surface area contributed by atoms with E-state index in [2.05, 4.69) is 9.88 Å². The number of rotatable bonds is 6. The minimum atomic E-state index is -0.604. The van der Waals surface area contributed by atoms with Crippen LogP contribution in [0.4, 0.5) is 11.6 Å². The Balaban J connectivity index is 1.88. The Labute approximate surface area is 190 Å². The summed E-state index contributed by atoms with van der Waals surface area (Å²) in [6, 6.07) is 6.62. The van der Waals surface area contributed by atoms with Crippen LogP contribution < -0.4 is 27.6 Å². The van der Waals surface area contributed by atoms with E-state index >= 15 is 0 Å². The first-order chi connectivity index (χ1) is 15.8. The molecule has 1 aliphatic rings. The SMILES string of the molecule is CC=CCn1c(N2CCCC(N)C2)nc2c1c(=O)n(CC(=O)c1ccccc1N)c(=O)n2C. The summed E-state index contributed by atoms with van der Waals surface area (Å²) in [5.41, 5.74) is 12.1. The Hall–Kier alpha value is -3.66. The van der Waals surface area contributed by atoms with Crippen molar-refractivity contribution in [1.82, 2.24) is 18.7 Å². The molecule has 1 aliphatic heterocycles. The normalized spacial score (nSPS) is 16.7. The summed E-state index contributed by atoms with van der Waals surface area (Å²) in [6.07, 6.45) is 5.66. The number of aryl methyl sites for hydroxylation is 1. The number of anilines is 2. The lowest BCUT2D eigenvalue weighted by Crippen LogP contribution is -2.44. The molecule has 3 aromatic rings. The lowest BCUT2D eigenvalue weighted by Gasteiger charge is -2.31. The molecule has 0 radical (unpaired) electrons. The quantitative estimate of drug-likeness (QED) is 0.322. The van der Waals surface area contributed by atoms with Crippen LogP contribution in [0.15, 0.2) is 46.0 Å². The van der Waals surface area contributed by atoms with E-state index in [1.807, 2.05) is 19.1 Å². The minimum absolute atomic E-state index is 0.0168. The fraction of sp³-hybridized carbons (Fsp3) is 0.391. The summed E-state index contributed by atoms with van der Waals surface area (Å²) < 4.78 is 4.07. The van der Waals surface area contributed by atoms with Crippen LogP contribution >= 0.6 is 0 Å². The maximum atomic E-state index is 13.5. The molecule has 0 amide bonds. The first-order valence-corrected chi connectivity index (χ1v) is 11.0. The smallest absolute Gasteiger partial charge is 0.332 e. The largest absolute Gasteiger partial charge is 0.398 e. The number of imidazole rings is 1. The number of nitrogens with two attached hydrogens (primary N) is 2. The van der Waals surface area contributed by atoms with Gasteiger partial charge in [0, 0.05) is 44.0 Å². The van der Waals surface area contributed by atoms with Crippen molar-refractivity contribution >= 4 is 28.6 Å². The molecule has 1 unspecified atom stereocenters. The molecule has 1 saturated heterocycles. The number of Topliss-reactive ketones (excluding diaryl/α,β-unsaturated/α-hetero) is 1. The summed E-state index contributed by atoms with van der Waals surface area (Å²) in [4.78, 5) is 46.2. The number of allylic oxidation sites excluding steroid dienone is 2. The van der Waals surface area contributed by atoms with Gasteiger partial charge in [0.15, 0.2) is 16.9 Å². The second-order valence-corrected chi connectivity index (χ2v) is 8.36. The number of hydrogen-bond donors (Lipinski definition) is 2. The van der Waals surface area contributed by atoms with Gasteiger partial charge in [0.2, 0.25) is 5.95 Å². The molecule has 1 atom stereocenters. The Morgan fingerprint density at radius 2 is 2.00 bits per heavy atom. The van der Waals surface area contributed by atoms with E-state index in [4.69, 9.17) is 11.5 Å². The molecular weight excluding hydrogens is 422 g/mol. The van der Waals surface area contributed by atoms with E-state index in [-0.39, 0.29) is 22.8 Å². The Morgan fingerprint density at radius 1 is 1.24 bits per heavy atom. The molecular formula is C23H29N7O3. The lowest BCUT2D eigenvalue weighted by atomic mass is 10.1. The molecule has 0 bridgehead atoms. The fourth-order valence-electron chi connectivity index (χ4n) is 4.30. The molecule has 1 fully saturated rings. The van der Waals surface area contributed by atoms with E-state index in [0.29, 0.717) is 24.7 Å². The summed E-state index contributed by atoms with van der Waals surface area (Å²) in [5.74, 6) is 0.190. The molecule has 10 heteroatoms. The summed E-state index contributed by atoms with van der Waals surface area (Å²) >= 11 is 0. The number of ketones is 1. The van der Waals surface area contributed by atoms with Crippen molar-refractivity contribution < 1.29 is 4.79 Å². The number of hydrogen-bond acceptors (Lipinski definition) is 7. The Kier molecular flexibility index (Phi) is 6.19. The molecule has 0 saturated carbocycles. The summed E-state index contributed by atoms with van der Waals surface area (Å²) in [6.45, 7) is 3.27. The highest BCUT2D eigenvalue weighted by Crippen LogP contribution is 2.23. The highest BCUT2D eigenvalue weighted by atomic mass is 16.2. The van der Waals surface area contributed by atoms with Gasteiger partial charge >= 0.3 is 5.69 Å². The third-order valence-corrected chi connectivity index (χ3v) is 6.04. The standard InChI is InChI=1S/C23H29N7O3/c1-3-4-12-29-19-20(26-22(29)28-11-7-8-15(24)13-28)27(2)23(33)30(21(19)32)14-18(31)16-9-5-6-10-17(16)25/h3-6,9-10,15H,7-8,11-14,24-25H2,1-2H3. The number of aromatic nitrogens is 4. The molecule has 2 aromatic heterocycles. The number of nitrogen functional groups attached to an aromatic ring is 1. The van der Waals surface area contributed by atoms with E-state index in [1.165, 1.54) is 4.57 Å². The molecule has 1 aromatic carbocycles. The van der Waals surface area contributed by atoms with E-state index in [9.17, 15) is 14.4 Å². The molecule has 0 aliphatic carbocycles. The Morgan fingerprint density at radius 3 is 2.70 bits per heavy atom. The van der Waals surface area contributed by atoms with Gasteiger partial charge in [-0.15, -0.1) is 0 Å². The molecule has 4 rings (SSSR count). The van der Waals surface area contributed by atoms with Crippen molar-refractivity contribution in [2.45, 2.75) is 38.9 Å². The number of carbonyl (C=O) groups excluding carboxylic acids is 1. The van der Waals surface area contributed by atoms with Crippen LogP contribution in [0.2, 0.25) is 0 Å². The van der Waals surface area contributed by atoms with Gasteiger partial charge in [-0.2, -0.15) is 4.98 Å². The van der Waals surface area contributed by atoms with E-state index in [1.54, 1.807) is 35.9 Å². The predicted molar refractivity (Wildman–Crippen MR) is 129 cm³/mol. The van der Waals surface area contributed by atoms with Gasteiger partial charge in [-0.25, -0.2) is 4.79 Å². The molecule has 10 nitrogen and oxygen atoms in total. The van der Waals surface area contributed by atoms with Crippen molar-refractivity contribution in [2.75, 3.05) is 23.7 Å². The van der Waals surface area contributed by atoms with Gasteiger partial charge in [0.25, 0.3) is 5.56 Å². The third kappa shape index (κ3) is 4.09. The average Bonchev–Trinajstić information content (AvgIpc) is 3.19. The van der Waals surface area contributed by atoms with Crippen molar-refractivity contribution in [3.05, 3.63) is 62.8 Å². The van der Waals surface area contributed by atoms with Crippen molar-refractivity contribution in [2.24, 2.45) is 12.8 Å². The van der Waals surface area contributed by atoms with Crippen LogP contribution in [0.3, 0.4) is 0 Å². The minimum Gasteiger partial charge on any atom is -0.398 e. The molecule has 0 spiro atoms. The van der Waals surface area contributed by atoms with Gasteiger partial charge in [-0.05, 0) is 31.9 Å². The van der Waals surface area contributed by atoms with Crippen molar-refractivity contribution in [1.29, 1.82) is 0 Å². The molecule has 33 heavy (non-hydrogen) atoms. The van der Waals surface area contributed by atoms with E-state index in [0.717, 1.165) is 24.0 Å². The number of benzene rings is 1. The summed E-state index contributed by atoms with van der Waals surface area (Å²) in [5, 5.41) is 0. The topological polar surface area (TPSA) is 134 Å². The number of para-hydroxylation sites is 1. The average molecular weight is 452 g/mol. The third-order valence-electron chi connectivity index (χ3n) is 6.04. The second-order valence-electron chi connectivity index (χ2n) is 8.36. The number of carbonyl (C=O) groups is 1. The van der Waals surface area contributed by atoms with Gasteiger partial charge in [0.05, 0.1) is 6.54 Å². The first kappa shape index (κ1) is 22.5. The van der Waals surface area contributed by atoms with Gasteiger partial charge in [0.1, 0.15) is 0 Å². The maximum Gasteiger partial charge on any atom is 0.332 e. The highest BCUT2D eigenvalue weighted by molar-refractivity contribution is 6.00. The molecule has 174 valence electrons. The van der Waals surface area contributed by atoms with Crippen LogP contribution in [0, 0.1) is 0 Å². The van der Waals surface area contributed by atoms with E-state index < -0.39 is 23.6 Å².